The third kappa shape index (κ3) is 4.15. The predicted octanol–water partition coefficient (Wildman–Crippen LogP) is 2.17. The van der Waals surface area contributed by atoms with Crippen molar-refractivity contribution in [3.05, 3.63) is 34.6 Å². The molecule has 156 valence electrons. The van der Waals surface area contributed by atoms with Crippen LogP contribution in [0, 0.1) is 11.8 Å². The molecule has 1 saturated heterocycles. The first-order chi connectivity index (χ1) is 14.0. The van der Waals surface area contributed by atoms with Gasteiger partial charge in [-0.1, -0.05) is 38.8 Å². The number of benzene rings is 1. The summed E-state index contributed by atoms with van der Waals surface area (Å²) in [5.41, 5.74) is 1.20. The smallest absolute Gasteiger partial charge is 0.294 e. The zero-order valence-corrected chi connectivity index (χ0v) is 17.3. The largest absolute Gasteiger partial charge is 0.378 e. The molecule has 0 radical (unpaired) electrons. The van der Waals surface area contributed by atoms with Crippen molar-refractivity contribution in [3.63, 3.8) is 0 Å². The molecule has 0 bridgehead atoms. The van der Waals surface area contributed by atoms with Gasteiger partial charge in [0.1, 0.15) is 6.54 Å². The van der Waals surface area contributed by atoms with E-state index in [4.69, 9.17) is 4.74 Å². The highest BCUT2D eigenvalue weighted by molar-refractivity contribution is 5.81. The Balaban J connectivity index is 1.62. The second-order valence-corrected chi connectivity index (χ2v) is 8.36. The van der Waals surface area contributed by atoms with Gasteiger partial charge in [0.25, 0.3) is 5.56 Å². The van der Waals surface area contributed by atoms with Gasteiger partial charge in [-0.25, -0.2) is 4.98 Å². The maximum atomic E-state index is 13.3. The van der Waals surface area contributed by atoms with Crippen LogP contribution in [-0.4, -0.2) is 47.8 Å². The van der Waals surface area contributed by atoms with Crippen molar-refractivity contribution in [3.8, 4) is 0 Å². The van der Waals surface area contributed by atoms with Crippen molar-refractivity contribution in [2.45, 2.75) is 45.7 Å². The van der Waals surface area contributed by atoms with Gasteiger partial charge in [-0.15, -0.1) is 0 Å². The SMILES string of the molecule is C[C@@H]1[C@H](C)CCC[C@H]1NC(=O)Cn1c(=O)c(N2CCOCC2)nc2ccccc21. The predicted molar refractivity (Wildman–Crippen MR) is 113 cm³/mol. The number of morpholine rings is 1. The first-order valence-electron chi connectivity index (χ1n) is 10.7. The molecule has 1 amide bonds. The van der Waals surface area contributed by atoms with Crippen LogP contribution < -0.4 is 15.8 Å². The second-order valence-electron chi connectivity index (χ2n) is 8.36. The Labute approximate surface area is 171 Å². The summed E-state index contributed by atoms with van der Waals surface area (Å²) >= 11 is 0. The van der Waals surface area contributed by atoms with Gasteiger partial charge in [-0.3, -0.25) is 14.2 Å². The maximum absolute atomic E-state index is 13.3. The fourth-order valence-electron chi connectivity index (χ4n) is 4.50. The maximum Gasteiger partial charge on any atom is 0.294 e. The van der Waals surface area contributed by atoms with Crippen molar-refractivity contribution in [1.29, 1.82) is 0 Å². The zero-order valence-electron chi connectivity index (χ0n) is 17.3. The standard InChI is InChI=1S/C22H30N4O3/c1-15-6-5-8-17(16(15)2)23-20(27)14-26-19-9-4-3-7-18(19)24-21(22(26)28)25-10-12-29-13-11-25/h3-4,7,9,15-17H,5-6,8,10-14H2,1-2H3,(H,23,27)/t15-,16-,17-/m1/s1. The van der Waals surface area contributed by atoms with Crippen LogP contribution in [0.5, 0.6) is 0 Å². The number of nitrogens with zero attached hydrogens (tertiary/aromatic N) is 3. The average molecular weight is 399 g/mol. The van der Waals surface area contributed by atoms with E-state index < -0.39 is 0 Å². The lowest BCUT2D eigenvalue weighted by Gasteiger charge is -2.34. The van der Waals surface area contributed by atoms with Crippen molar-refractivity contribution < 1.29 is 9.53 Å². The molecule has 7 heteroatoms. The molecule has 3 atom stereocenters. The molecule has 0 spiro atoms. The molecule has 2 fully saturated rings. The van der Waals surface area contributed by atoms with Gasteiger partial charge in [0.05, 0.1) is 24.2 Å². The van der Waals surface area contributed by atoms with Crippen LogP contribution in [0.2, 0.25) is 0 Å². The lowest BCUT2D eigenvalue weighted by atomic mass is 9.78. The molecule has 1 aromatic carbocycles. The average Bonchev–Trinajstić information content (AvgIpc) is 2.74. The fraction of sp³-hybridized carbons (Fsp3) is 0.591. The number of rotatable bonds is 4. The van der Waals surface area contributed by atoms with E-state index in [1.54, 1.807) is 4.57 Å². The Morgan fingerprint density at radius 1 is 1.21 bits per heavy atom. The molecule has 29 heavy (non-hydrogen) atoms. The summed E-state index contributed by atoms with van der Waals surface area (Å²) in [6.07, 6.45) is 3.35. The second kappa shape index (κ2) is 8.53. The Morgan fingerprint density at radius 2 is 1.97 bits per heavy atom. The molecule has 2 heterocycles. The molecule has 1 aromatic heterocycles. The van der Waals surface area contributed by atoms with Crippen LogP contribution in [0.25, 0.3) is 11.0 Å². The monoisotopic (exact) mass is 398 g/mol. The number of amides is 1. The minimum absolute atomic E-state index is 0.0107. The van der Waals surface area contributed by atoms with E-state index in [0.29, 0.717) is 49.5 Å². The van der Waals surface area contributed by atoms with Crippen molar-refractivity contribution in [1.82, 2.24) is 14.9 Å². The number of carbonyl (C=O) groups is 1. The third-order valence-corrected chi connectivity index (χ3v) is 6.50. The first kappa shape index (κ1) is 19.9. The Bertz CT molecular complexity index is 935. The molecule has 2 aliphatic rings. The summed E-state index contributed by atoms with van der Waals surface area (Å²) in [6.45, 7) is 6.88. The Kier molecular flexibility index (Phi) is 5.85. The quantitative estimate of drug-likeness (QED) is 0.854. The van der Waals surface area contributed by atoms with Crippen molar-refractivity contribution in [2.24, 2.45) is 11.8 Å². The lowest BCUT2D eigenvalue weighted by molar-refractivity contribution is -0.123. The number of ether oxygens (including phenoxy) is 1. The molecule has 4 rings (SSSR count). The highest BCUT2D eigenvalue weighted by Crippen LogP contribution is 2.29. The Morgan fingerprint density at radius 3 is 2.76 bits per heavy atom. The molecule has 1 aliphatic heterocycles. The van der Waals surface area contributed by atoms with E-state index in [2.05, 4.69) is 24.1 Å². The number of fused-ring (bicyclic) bond motifs is 1. The third-order valence-electron chi connectivity index (χ3n) is 6.50. The van der Waals surface area contributed by atoms with Gasteiger partial charge >= 0.3 is 0 Å². The molecule has 1 N–H and O–H groups in total. The van der Waals surface area contributed by atoms with Crippen molar-refractivity contribution in [2.75, 3.05) is 31.2 Å². The van der Waals surface area contributed by atoms with Crippen LogP contribution in [0.4, 0.5) is 5.82 Å². The number of aromatic nitrogens is 2. The van der Waals surface area contributed by atoms with E-state index in [-0.39, 0.29) is 24.1 Å². The summed E-state index contributed by atoms with van der Waals surface area (Å²) in [5, 5.41) is 3.19. The lowest BCUT2D eigenvalue weighted by Crippen LogP contribution is -2.46. The van der Waals surface area contributed by atoms with E-state index in [1.165, 1.54) is 6.42 Å². The van der Waals surface area contributed by atoms with Crippen LogP contribution in [-0.2, 0) is 16.1 Å². The number of para-hydroxylation sites is 2. The van der Waals surface area contributed by atoms with Crippen molar-refractivity contribution >= 4 is 22.8 Å². The molecular weight excluding hydrogens is 368 g/mol. The molecule has 1 saturated carbocycles. The normalized spacial score (nSPS) is 25.2. The number of hydrogen-bond donors (Lipinski definition) is 1. The number of anilines is 1. The summed E-state index contributed by atoms with van der Waals surface area (Å²) in [4.78, 5) is 32.7. The van der Waals surface area contributed by atoms with Crippen LogP contribution in [0.15, 0.2) is 29.1 Å². The van der Waals surface area contributed by atoms with Crippen LogP contribution >= 0.6 is 0 Å². The highest BCUT2D eigenvalue weighted by atomic mass is 16.5. The molecule has 2 aromatic rings. The summed E-state index contributed by atoms with van der Waals surface area (Å²) in [5.74, 6) is 1.34. The van der Waals surface area contributed by atoms with E-state index >= 15 is 0 Å². The van der Waals surface area contributed by atoms with Gasteiger partial charge in [0, 0.05) is 19.1 Å². The Hall–Kier alpha value is -2.41. The summed E-state index contributed by atoms with van der Waals surface area (Å²) in [6, 6.07) is 7.69. The van der Waals surface area contributed by atoms with Gasteiger partial charge in [-0.05, 0) is 30.4 Å². The number of hydrogen-bond acceptors (Lipinski definition) is 5. The molecule has 0 unspecified atom stereocenters. The first-order valence-corrected chi connectivity index (χ1v) is 10.7. The molecule has 1 aliphatic carbocycles. The zero-order chi connectivity index (χ0) is 20.4. The van der Waals surface area contributed by atoms with Gasteiger partial charge < -0.3 is 15.0 Å². The fourth-order valence-corrected chi connectivity index (χ4v) is 4.50. The van der Waals surface area contributed by atoms with E-state index in [0.717, 1.165) is 18.4 Å². The minimum atomic E-state index is -0.217. The van der Waals surface area contributed by atoms with Crippen LogP contribution in [0.1, 0.15) is 33.1 Å². The van der Waals surface area contributed by atoms with Gasteiger partial charge in [-0.2, -0.15) is 0 Å². The van der Waals surface area contributed by atoms with Crippen LogP contribution in [0.3, 0.4) is 0 Å². The molecular formula is C22H30N4O3. The summed E-state index contributed by atoms with van der Waals surface area (Å²) in [7, 11) is 0. The summed E-state index contributed by atoms with van der Waals surface area (Å²) < 4.78 is 6.97. The van der Waals surface area contributed by atoms with Gasteiger partial charge in [0.15, 0.2) is 5.82 Å². The van der Waals surface area contributed by atoms with E-state index in [1.807, 2.05) is 29.2 Å². The highest BCUT2D eigenvalue weighted by Gasteiger charge is 2.28. The number of carbonyl (C=O) groups excluding carboxylic acids is 1. The van der Waals surface area contributed by atoms with Gasteiger partial charge in [0.2, 0.25) is 5.91 Å². The topological polar surface area (TPSA) is 76.5 Å². The number of nitrogens with one attached hydrogen (secondary N) is 1. The minimum Gasteiger partial charge on any atom is -0.378 e. The van der Waals surface area contributed by atoms with E-state index in [9.17, 15) is 9.59 Å². The molecule has 7 nitrogen and oxygen atoms in total.